The second-order valence-corrected chi connectivity index (χ2v) is 18.0. The standard InChI is InChI=1S/2C16H13.C3H6.2ClH.Zr/c2*1-12-10-14-8-5-9-15(16(14)11-12)13-6-3-2-4-7-13;1-3-2;;;/h2*2-11H,1H3;1-2H3;2*1H;/q;;;;;+2/p-2. The summed E-state index contributed by atoms with van der Waals surface area (Å²) in [5, 5.41) is 0. The van der Waals surface area contributed by atoms with Crippen LogP contribution in [0.2, 0.25) is 0 Å². The molecule has 0 bridgehead atoms. The first-order valence-corrected chi connectivity index (χ1v) is 17.0. The second kappa shape index (κ2) is 11.8. The molecule has 2 aliphatic carbocycles. The van der Waals surface area contributed by atoms with Gasteiger partial charge in [0.25, 0.3) is 0 Å². The van der Waals surface area contributed by atoms with Gasteiger partial charge in [0, 0.05) is 0 Å². The van der Waals surface area contributed by atoms with Crippen LogP contribution in [0.5, 0.6) is 0 Å². The summed E-state index contributed by atoms with van der Waals surface area (Å²) in [6, 6.07) is 35.8. The third-order valence-electron chi connectivity index (χ3n) is 7.93. The van der Waals surface area contributed by atoms with Gasteiger partial charge in [-0.05, 0) is 0 Å². The number of hydrogen-bond acceptors (Lipinski definition) is 0. The summed E-state index contributed by atoms with van der Waals surface area (Å²) >= 11 is -2.23. The number of allylic oxidation sites excluding steroid dienone is 2. The molecule has 4 aromatic carbocycles. The summed E-state index contributed by atoms with van der Waals surface area (Å²) in [6.45, 7) is 9.62. The Morgan fingerprint density at radius 2 is 0.921 bits per heavy atom. The van der Waals surface area contributed by atoms with E-state index in [1.54, 1.807) is 25.5 Å². The Hall–Kier alpha value is -2.31. The van der Waals surface area contributed by atoms with Gasteiger partial charge in [0.05, 0.1) is 0 Å². The molecular weight excluding hydrogens is 583 g/mol. The predicted molar refractivity (Wildman–Crippen MR) is 153 cm³/mol. The molecule has 2 atom stereocenters. The fourth-order valence-corrected chi connectivity index (χ4v) is 15.8. The van der Waals surface area contributed by atoms with E-state index in [9.17, 15) is 0 Å². The molecule has 0 N–H and O–H groups in total. The maximum absolute atomic E-state index is 2.50. The van der Waals surface area contributed by atoms with E-state index >= 15 is 0 Å². The van der Waals surface area contributed by atoms with E-state index in [2.05, 4.69) is 137 Å². The van der Waals surface area contributed by atoms with Crippen LogP contribution in [0.1, 0.15) is 57.2 Å². The molecule has 4 aromatic rings. The molecule has 0 aliphatic heterocycles. The van der Waals surface area contributed by atoms with Gasteiger partial charge in [-0.15, -0.1) is 0 Å². The van der Waals surface area contributed by atoms with Crippen molar-refractivity contribution in [2.24, 2.45) is 0 Å². The van der Waals surface area contributed by atoms with Crippen molar-refractivity contribution in [1.82, 2.24) is 0 Å². The van der Waals surface area contributed by atoms with Crippen molar-refractivity contribution >= 4 is 15.4 Å². The smallest absolute Gasteiger partial charge is 1.00 e. The molecule has 0 spiro atoms. The minimum absolute atomic E-state index is 0. The molecule has 6 rings (SSSR count). The third-order valence-corrected chi connectivity index (χ3v) is 17.6. The van der Waals surface area contributed by atoms with Crippen LogP contribution in [-0.2, 0) is 21.3 Å². The molecule has 0 radical (unpaired) electrons. The molecule has 0 heterocycles. The van der Waals surface area contributed by atoms with Crippen molar-refractivity contribution in [3.63, 3.8) is 0 Å². The predicted octanol–water partition coefficient (Wildman–Crippen LogP) is 3.48. The van der Waals surface area contributed by atoms with Gasteiger partial charge in [-0.25, -0.2) is 0 Å². The molecular formula is C35H32Cl2Zr. The largest absolute Gasteiger partial charge is 1.00 e. The summed E-state index contributed by atoms with van der Waals surface area (Å²) < 4.78 is 2.86. The van der Waals surface area contributed by atoms with Gasteiger partial charge in [0.1, 0.15) is 0 Å². The molecule has 190 valence electrons. The Morgan fingerprint density at radius 3 is 1.29 bits per heavy atom. The summed E-state index contributed by atoms with van der Waals surface area (Å²) in [6.07, 6.45) is 5.00. The maximum atomic E-state index is 2.50. The van der Waals surface area contributed by atoms with Gasteiger partial charge in [-0.1, -0.05) is 0 Å². The van der Waals surface area contributed by atoms with Crippen molar-refractivity contribution in [2.45, 2.75) is 34.9 Å². The van der Waals surface area contributed by atoms with Crippen LogP contribution >= 0.6 is 0 Å². The average Bonchev–Trinajstić information content (AvgIpc) is 3.41. The normalized spacial score (nSPS) is 16.6. The molecule has 2 unspecified atom stereocenters. The minimum atomic E-state index is -2.23. The van der Waals surface area contributed by atoms with Crippen LogP contribution in [-0.4, -0.2) is 3.21 Å². The van der Waals surface area contributed by atoms with Crippen molar-refractivity contribution in [3.05, 3.63) is 130 Å². The van der Waals surface area contributed by atoms with Gasteiger partial charge >= 0.3 is 224 Å². The molecule has 2 aliphatic rings. The first-order valence-electron chi connectivity index (χ1n) is 12.9. The van der Waals surface area contributed by atoms with Crippen LogP contribution in [0.3, 0.4) is 0 Å². The van der Waals surface area contributed by atoms with Crippen LogP contribution < -0.4 is 24.8 Å². The van der Waals surface area contributed by atoms with E-state index in [0.29, 0.717) is 7.25 Å². The SMILES string of the molecule is CC1=Cc2c(-c3ccccc3)cccc2[CH]1[Zr+2](=[C](C)C)[CH]1C(C)=Cc2c(-c3ccccc3)cccc21.[Cl-].[Cl-]. The quantitative estimate of drug-likeness (QED) is 0.331. The van der Waals surface area contributed by atoms with Crippen molar-refractivity contribution in [1.29, 1.82) is 0 Å². The van der Waals surface area contributed by atoms with Crippen molar-refractivity contribution < 1.29 is 46.1 Å². The van der Waals surface area contributed by atoms with Gasteiger partial charge in [-0.3, -0.25) is 0 Å². The second-order valence-electron chi connectivity index (χ2n) is 10.4. The van der Waals surface area contributed by atoms with Crippen LogP contribution in [0, 0.1) is 0 Å². The maximum Gasteiger partial charge on any atom is -1.00 e. The Balaban J connectivity index is 0.00000168. The fourth-order valence-electron chi connectivity index (χ4n) is 6.41. The molecule has 38 heavy (non-hydrogen) atoms. The van der Waals surface area contributed by atoms with E-state index in [1.807, 2.05) is 0 Å². The summed E-state index contributed by atoms with van der Waals surface area (Å²) in [4.78, 5) is 0. The zero-order chi connectivity index (χ0) is 24.8. The van der Waals surface area contributed by atoms with Gasteiger partial charge < -0.3 is 24.8 Å². The van der Waals surface area contributed by atoms with E-state index in [-0.39, 0.29) is 24.8 Å². The summed E-state index contributed by atoms with van der Waals surface area (Å²) in [5.74, 6) is 0. The Morgan fingerprint density at radius 1 is 0.526 bits per heavy atom. The van der Waals surface area contributed by atoms with Crippen molar-refractivity contribution in [3.8, 4) is 22.3 Å². The summed E-state index contributed by atoms with van der Waals surface area (Å²) in [5.41, 5.74) is 14.5. The monoisotopic (exact) mass is 612 g/mol. The Kier molecular flexibility index (Phi) is 8.94. The van der Waals surface area contributed by atoms with E-state index in [1.165, 1.54) is 33.4 Å². The molecule has 0 amide bonds. The van der Waals surface area contributed by atoms with E-state index < -0.39 is 21.3 Å². The molecule has 0 aromatic heterocycles. The summed E-state index contributed by atoms with van der Waals surface area (Å²) in [7, 11) is 0. The number of halogens is 2. The average molecular weight is 615 g/mol. The van der Waals surface area contributed by atoms with Gasteiger partial charge in [0.15, 0.2) is 0 Å². The molecule has 0 saturated carbocycles. The minimum Gasteiger partial charge on any atom is -1.00 e. The zero-order valence-electron chi connectivity index (χ0n) is 22.3. The van der Waals surface area contributed by atoms with E-state index in [4.69, 9.17) is 0 Å². The van der Waals surface area contributed by atoms with E-state index in [0.717, 1.165) is 0 Å². The zero-order valence-corrected chi connectivity index (χ0v) is 26.3. The Labute approximate surface area is 247 Å². The molecule has 3 heteroatoms. The van der Waals surface area contributed by atoms with Gasteiger partial charge in [-0.2, -0.15) is 0 Å². The van der Waals surface area contributed by atoms with Crippen LogP contribution in [0.15, 0.2) is 108 Å². The van der Waals surface area contributed by atoms with Crippen molar-refractivity contribution in [2.75, 3.05) is 0 Å². The molecule has 0 saturated heterocycles. The molecule has 0 fully saturated rings. The first kappa shape index (κ1) is 28.7. The van der Waals surface area contributed by atoms with Crippen LogP contribution in [0.25, 0.3) is 34.4 Å². The van der Waals surface area contributed by atoms with Crippen LogP contribution in [0.4, 0.5) is 0 Å². The van der Waals surface area contributed by atoms with Gasteiger partial charge in [0.2, 0.25) is 0 Å². The fraction of sp³-hybridized carbons (Fsp3) is 0.171. The number of hydrogen-bond donors (Lipinski definition) is 0. The number of fused-ring (bicyclic) bond motifs is 2. The third kappa shape index (κ3) is 4.90. The number of rotatable bonds is 4. The molecule has 0 nitrogen and oxygen atoms in total. The topological polar surface area (TPSA) is 0 Å². The number of benzene rings is 4. The Bertz CT molecular complexity index is 1450. The first-order chi connectivity index (χ1) is 17.5.